The number of carbonyl (C=O) groups excluding carboxylic acids is 1. The minimum atomic E-state index is -0.445. The predicted molar refractivity (Wildman–Crippen MR) is 71.2 cm³/mol. The Kier molecular flexibility index (Phi) is 3.66. The molecule has 0 bridgehead atoms. The van der Waals surface area contributed by atoms with Gasteiger partial charge in [0, 0.05) is 19.1 Å². The van der Waals surface area contributed by atoms with Crippen LogP contribution in [0.1, 0.15) is 40.0 Å². The van der Waals surface area contributed by atoms with E-state index in [-0.39, 0.29) is 12.1 Å². The molecule has 4 heteroatoms. The maximum Gasteiger partial charge on any atom is 0.410 e. The summed E-state index contributed by atoms with van der Waals surface area (Å²) < 4.78 is 5.41. The maximum absolute atomic E-state index is 12.1. The molecular weight excluding hydrogens is 228 g/mol. The molecule has 4 nitrogen and oxygen atoms in total. The van der Waals surface area contributed by atoms with Crippen LogP contribution in [0.15, 0.2) is 11.6 Å². The van der Waals surface area contributed by atoms with E-state index >= 15 is 0 Å². The number of rotatable bonds is 1. The van der Waals surface area contributed by atoms with Crippen molar-refractivity contribution in [1.82, 2.24) is 4.90 Å². The lowest BCUT2D eigenvalue weighted by Gasteiger charge is -2.37. The first-order chi connectivity index (χ1) is 8.35. The van der Waals surface area contributed by atoms with E-state index in [1.54, 1.807) is 4.90 Å². The van der Waals surface area contributed by atoms with Crippen LogP contribution >= 0.6 is 0 Å². The van der Waals surface area contributed by atoms with E-state index in [1.165, 1.54) is 24.8 Å². The molecule has 2 aliphatic rings. The molecule has 1 aliphatic heterocycles. The first-order valence-electron chi connectivity index (χ1n) is 6.79. The Morgan fingerprint density at radius 1 is 1.44 bits per heavy atom. The highest BCUT2D eigenvalue weighted by Crippen LogP contribution is 2.35. The molecule has 0 saturated heterocycles. The molecule has 1 heterocycles. The molecule has 0 aromatic heterocycles. The smallest absolute Gasteiger partial charge is 0.410 e. The van der Waals surface area contributed by atoms with Crippen LogP contribution in [0.4, 0.5) is 4.79 Å². The zero-order valence-electron chi connectivity index (χ0n) is 11.6. The standard InChI is InChI=1S/C14H24N2O2/c1-14(2,3)18-13(17)16-8-11(7-12(15)9-16)10-5-4-6-10/h7,10,12H,4-6,8-9,15H2,1-3H3. The summed E-state index contributed by atoms with van der Waals surface area (Å²) in [4.78, 5) is 13.8. The van der Waals surface area contributed by atoms with Crippen molar-refractivity contribution in [3.63, 3.8) is 0 Å². The minimum absolute atomic E-state index is 0.0538. The van der Waals surface area contributed by atoms with Gasteiger partial charge in [-0.05, 0) is 39.5 Å². The van der Waals surface area contributed by atoms with E-state index in [1.807, 2.05) is 20.8 Å². The summed E-state index contributed by atoms with van der Waals surface area (Å²) in [6.07, 6.45) is 5.67. The van der Waals surface area contributed by atoms with Gasteiger partial charge < -0.3 is 15.4 Å². The van der Waals surface area contributed by atoms with E-state index in [2.05, 4.69) is 6.08 Å². The van der Waals surface area contributed by atoms with E-state index in [0.717, 1.165) is 0 Å². The second kappa shape index (κ2) is 4.92. The van der Waals surface area contributed by atoms with Crippen LogP contribution in [0, 0.1) is 5.92 Å². The molecule has 1 amide bonds. The fourth-order valence-corrected chi connectivity index (χ4v) is 2.43. The van der Waals surface area contributed by atoms with Crippen molar-refractivity contribution in [2.24, 2.45) is 11.7 Å². The van der Waals surface area contributed by atoms with Gasteiger partial charge in [-0.2, -0.15) is 0 Å². The Labute approximate surface area is 109 Å². The summed E-state index contributed by atoms with van der Waals surface area (Å²) in [6, 6.07) is -0.0538. The Balaban J connectivity index is 1.98. The van der Waals surface area contributed by atoms with E-state index in [9.17, 15) is 4.79 Å². The summed E-state index contributed by atoms with van der Waals surface area (Å²) in [7, 11) is 0. The fraction of sp³-hybridized carbons (Fsp3) is 0.786. The molecule has 1 saturated carbocycles. The van der Waals surface area contributed by atoms with Gasteiger partial charge in [-0.25, -0.2) is 4.79 Å². The predicted octanol–water partition coefficient (Wildman–Crippen LogP) is 2.29. The van der Waals surface area contributed by atoms with E-state index in [0.29, 0.717) is 19.0 Å². The van der Waals surface area contributed by atoms with Gasteiger partial charge in [0.1, 0.15) is 5.60 Å². The highest BCUT2D eigenvalue weighted by molar-refractivity contribution is 5.69. The van der Waals surface area contributed by atoms with Gasteiger partial charge in [0.2, 0.25) is 0 Å². The summed E-state index contributed by atoms with van der Waals surface area (Å²) in [6.45, 7) is 6.91. The lowest BCUT2D eigenvalue weighted by atomic mass is 9.78. The third kappa shape index (κ3) is 3.25. The third-order valence-corrected chi connectivity index (χ3v) is 3.51. The van der Waals surface area contributed by atoms with Crippen LogP contribution in [-0.4, -0.2) is 35.7 Å². The van der Waals surface area contributed by atoms with Crippen molar-refractivity contribution >= 4 is 6.09 Å². The van der Waals surface area contributed by atoms with Crippen molar-refractivity contribution in [3.8, 4) is 0 Å². The number of ether oxygens (including phenoxy) is 1. The average Bonchev–Trinajstić information content (AvgIpc) is 2.10. The highest BCUT2D eigenvalue weighted by Gasteiger charge is 2.31. The van der Waals surface area contributed by atoms with Gasteiger partial charge in [-0.1, -0.05) is 18.1 Å². The van der Waals surface area contributed by atoms with Crippen molar-refractivity contribution < 1.29 is 9.53 Å². The normalized spacial score (nSPS) is 25.4. The van der Waals surface area contributed by atoms with Gasteiger partial charge in [-0.3, -0.25) is 0 Å². The lowest BCUT2D eigenvalue weighted by Crippen LogP contribution is -2.48. The first kappa shape index (κ1) is 13.4. The second-order valence-corrected chi connectivity index (χ2v) is 6.39. The highest BCUT2D eigenvalue weighted by atomic mass is 16.6. The van der Waals surface area contributed by atoms with Crippen molar-refractivity contribution in [1.29, 1.82) is 0 Å². The van der Waals surface area contributed by atoms with Gasteiger partial charge >= 0.3 is 6.09 Å². The van der Waals surface area contributed by atoms with Crippen LogP contribution < -0.4 is 5.73 Å². The topological polar surface area (TPSA) is 55.6 Å². The largest absolute Gasteiger partial charge is 0.444 e. The molecule has 1 fully saturated rings. The van der Waals surface area contributed by atoms with Crippen LogP contribution in [0.5, 0.6) is 0 Å². The Morgan fingerprint density at radius 3 is 2.61 bits per heavy atom. The van der Waals surface area contributed by atoms with E-state index in [4.69, 9.17) is 10.5 Å². The monoisotopic (exact) mass is 252 g/mol. The minimum Gasteiger partial charge on any atom is -0.444 e. The number of hydrogen-bond acceptors (Lipinski definition) is 3. The van der Waals surface area contributed by atoms with Gasteiger partial charge in [0.25, 0.3) is 0 Å². The van der Waals surface area contributed by atoms with Crippen LogP contribution in [0.3, 0.4) is 0 Å². The average molecular weight is 252 g/mol. The molecule has 2 N–H and O–H groups in total. The fourth-order valence-electron chi connectivity index (χ4n) is 2.43. The van der Waals surface area contributed by atoms with Gasteiger partial charge in [0.05, 0.1) is 0 Å². The molecule has 1 aliphatic carbocycles. The molecule has 0 aromatic rings. The molecule has 0 radical (unpaired) electrons. The number of amides is 1. The second-order valence-electron chi connectivity index (χ2n) is 6.39. The summed E-state index contributed by atoms with van der Waals surface area (Å²) in [5.74, 6) is 0.640. The third-order valence-electron chi connectivity index (χ3n) is 3.51. The molecule has 18 heavy (non-hydrogen) atoms. The Bertz CT molecular complexity index is 353. The van der Waals surface area contributed by atoms with Crippen molar-refractivity contribution in [3.05, 3.63) is 11.6 Å². The van der Waals surface area contributed by atoms with Crippen molar-refractivity contribution in [2.75, 3.05) is 13.1 Å². The zero-order valence-corrected chi connectivity index (χ0v) is 11.6. The molecule has 1 atom stereocenters. The van der Waals surface area contributed by atoms with Crippen LogP contribution in [0.2, 0.25) is 0 Å². The molecular formula is C14H24N2O2. The van der Waals surface area contributed by atoms with Crippen molar-refractivity contribution in [2.45, 2.75) is 51.7 Å². The summed E-state index contributed by atoms with van der Waals surface area (Å²) in [5, 5.41) is 0. The molecule has 0 spiro atoms. The number of carbonyl (C=O) groups is 1. The molecule has 102 valence electrons. The molecule has 2 rings (SSSR count). The summed E-state index contributed by atoms with van der Waals surface area (Å²) >= 11 is 0. The molecule has 0 aromatic carbocycles. The quantitative estimate of drug-likeness (QED) is 0.728. The number of hydrogen-bond donors (Lipinski definition) is 1. The van der Waals surface area contributed by atoms with Crippen LogP contribution in [0.25, 0.3) is 0 Å². The Hall–Kier alpha value is -1.03. The SMILES string of the molecule is CC(C)(C)OC(=O)N1CC(C2CCC2)=CC(N)C1. The van der Waals surface area contributed by atoms with Gasteiger partial charge in [-0.15, -0.1) is 0 Å². The first-order valence-corrected chi connectivity index (χ1v) is 6.79. The number of nitrogens with zero attached hydrogens (tertiary/aromatic N) is 1. The lowest BCUT2D eigenvalue weighted by molar-refractivity contribution is 0.0245. The number of nitrogens with two attached hydrogens (primary N) is 1. The van der Waals surface area contributed by atoms with E-state index < -0.39 is 5.60 Å². The zero-order chi connectivity index (χ0) is 13.3. The maximum atomic E-state index is 12.1. The molecule has 1 unspecified atom stereocenters. The van der Waals surface area contributed by atoms with Gasteiger partial charge in [0.15, 0.2) is 0 Å². The Morgan fingerprint density at radius 2 is 2.11 bits per heavy atom. The summed E-state index contributed by atoms with van der Waals surface area (Å²) in [5.41, 5.74) is 6.89. The van der Waals surface area contributed by atoms with Crippen LogP contribution in [-0.2, 0) is 4.74 Å².